The standard InChI is InChI=1S/C41H24N2/c1-2-13-30-28(11-1)29-12-3-4-15-33(29)40-34(30)21-22-37(42-40)27-10-7-9-25(23-27)26-19-20-32-36-17-8-16-35-31-14-5-6-18-38(31)43(41(35)36)39(32)24-26/h1-24H. The molecule has 43 heavy (non-hydrogen) atoms. The molecule has 0 aliphatic rings. The second-order valence-corrected chi connectivity index (χ2v) is 11.6. The molecule has 0 aliphatic carbocycles. The van der Waals surface area contributed by atoms with Gasteiger partial charge in [-0.15, -0.1) is 0 Å². The smallest absolute Gasteiger partial charge is 0.0794 e. The number of nitrogens with zero attached hydrogens (tertiary/aromatic N) is 2. The monoisotopic (exact) mass is 544 g/mol. The van der Waals surface area contributed by atoms with Crippen LogP contribution in [0.1, 0.15) is 0 Å². The molecule has 0 aliphatic heterocycles. The van der Waals surface area contributed by atoms with Gasteiger partial charge in [0.15, 0.2) is 0 Å². The SMILES string of the molecule is c1cc(-c2ccc3c4cccc5c6ccccc6n(c3c2)c54)cc(-c2ccc3c4ccccc4c4ccccc4c3n2)c1. The Kier molecular flexibility index (Phi) is 4.48. The molecule has 10 aromatic rings. The highest BCUT2D eigenvalue weighted by Gasteiger charge is 2.17. The van der Waals surface area contributed by atoms with Crippen LogP contribution in [-0.2, 0) is 0 Å². The van der Waals surface area contributed by atoms with Crippen molar-refractivity contribution >= 4 is 70.5 Å². The van der Waals surface area contributed by atoms with Crippen molar-refractivity contribution in [2.75, 3.05) is 0 Å². The number of hydrogen-bond acceptors (Lipinski definition) is 1. The van der Waals surface area contributed by atoms with Gasteiger partial charge in [-0.25, -0.2) is 4.98 Å². The molecule has 2 nitrogen and oxygen atoms in total. The molecule has 0 saturated heterocycles. The van der Waals surface area contributed by atoms with Crippen LogP contribution in [0.15, 0.2) is 146 Å². The second-order valence-electron chi connectivity index (χ2n) is 11.6. The zero-order valence-corrected chi connectivity index (χ0v) is 23.3. The van der Waals surface area contributed by atoms with Gasteiger partial charge in [-0.2, -0.15) is 0 Å². The predicted molar refractivity (Wildman–Crippen MR) is 182 cm³/mol. The Labute approximate surface area is 247 Å². The van der Waals surface area contributed by atoms with E-state index < -0.39 is 0 Å². The summed E-state index contributed by atoms with van der Waals surface area (Å²) >= 11 is 0. The van der Waals surface area contributed by atoms with Crippen molar-refractivity contribution in [3.63, 3.8) is 0 Å². The molecular weight excluding hydrogens is 520 g/mol. The van der Waals surface area contributed by atoms with Crippen LogP contribution in [0.4, 0.5) is 0 Å². The molecule has 0 unspecified atom stereocenters. The van der Waals surface area contributed by atoms with Gasteiger partial charge in [0.1, 0.15) is 0 Å². The van der Waals surface area contributed by atoms with E-state index in [0.717, 1.165) is 16.8 Å². The van der Waals surface area contributed by atoms with Gasteiger partial charge in [-0.3, -0.25) is 0 Å². The van der Waals surface area contributed by atoms with Crippen LogP contribution >= 0.6 is 0 Å². The van der Waals surface area contributed by atoms with E-state index in [1.54, 1.807) is 0 Å². The zero-order chi connectivity index (χ0) is 28.1. The fourth-order valence-electron chi connectivity index (χ4n) is 7.39. The Hall–Kier alpha value is -5.73. The summed E-state index contributed by atoms with van der Waals surface area (Å²) in [5, 5.41) is 11.4. The maximum Gasteiger partial charge on any atom is 0.0794 e. The first-order valence-corrected chi connectivity index (χ1v) is 14.8. The molecule has 0 amide bonds. The fraction of sp³-hybridized carbons (Fsp3) is 0. The van der Waals surface area contributed by atoms with Crippen LogP contribution in [-0.4, -0.2) is 9.38 Å². The van der Waals surface area contributed by atoms with Crippen LogP contribution in [0.25, 0.3) is 92.9 Å². The largest absolute Gasteiger partial charge is 0.308 e. The molecular formula is C41H24N2. The molecule has 0 bridgehead atoms. The summed E-state index contributed by atoms with van der Waals surface area (Å²) in [5.41, 5.74) is 9.37. The molecule has 0 radical (unpaired) electrons. The molecule has 3 aromatic heterocycles. The number of rotatable bonds is 2. The fourth-order valence-corrected chi connectivity index (χ4v) is 7.39. The topological polar surface area (TPSA) is 17.3 Å². The van der Waals surface area contributed by atoms with E-state index in [9.17, 15) is 0 Å². The van der Waals surface area contributed by atoms with Gasteiger partial charge in [0, 0.05) is 37.9 Å². The maximum absolute atomic E-state index is 5.29. The predicted octanol–water partition coefficient (Wildman–Crippen LogP) is 11.0. The van der Waals surface area contributed by atoms with E-state index in [0.29, 0.717) is 0 Å². The summed E-state index contributed by atoms with van der Waals surface area (Å²) in [6.07, 6.45) is 0. The van der Waals surface area contributed by atoms with Crippen molar-refractivity contribution in [2.45, 2.75) is 0 Å². The molecule has 0 saturated carbocycles. The number of para-hydroxylation sites is 2. The van der Waals surface area contributed by atoms with Crippen LogP contribution in [0, 0.1) is 0 Å². The van der Waals surface area contributed by atoms with E-state index in [2.05, 4.69) is 150 Å². The highest BCUT2D eigenvalue weighted by molar-refractivity contribution is 6.25. The van der Waals surface area contributed by atoms with Gasteiger partial charge in [0.05, 0.1) is 27.8 Å². The molecule has 3 heterocycles. The highest BCUT2D eigenvalue weighted by atomic mass is 14.9. The van der Waals surface area contributed by atoms with E-state index in [-0.39, 0.29) is 0 Å². The van der Waals surface area contributed by atoms with Gasteiger partial charge in [-0.05, 0) is 57.6 Å². The minimum absolute atomic E-state index is 0.987. The van der Waals surface area contributed by atoms with E-state index in [1.165, 1.54) is 76.2 Å². The lowest BCUT2D eigenvalue weighted by Crippen LogP contribution is -1.90. The molecule has 10 rings (SSSR count). The third kappa shape index (κ3) is 3.10. The van der Waals surface area contributed by atoms with Crippen molar-refractivity contribution in [2.24, 2.45) is 0 Å². The van der Waals surface area contributed by atoms with Crippen molar-refractivity contribution in [1.82, 2.24) is 9.38 Å². The second kappa shape index (κ2) is 8.40. The molecule has 0 N–H and O–H groups in total. The highest BCUT2D eigenvalue weighted by Crippen LogP contribution is 2.41. The summed E-state index contributed by atoms with van der Waals surface area (Å²) in [4.78, 5) is 5.29. The Morgan fingerprint density at radius 2 is 0.884 bits per heavy atom. The number of benzene rings is 7. The lowest BCUT2D eigenvalue weighted by Gasteiger charge is -2.12. The number of pyridine rings is 1. The average molecular weight is 545 g/mol. The summed E-state index contributed by atoms with van der Waals surface area (Å²) < 4.78 is 2.45. The average Bonchev–Trinajstić information content (AvgIpc) is 3.60. The third-order valence-corrected chi connectivity index (χ3v) is 9.30. The van der Waals surface area contributed by atoms with Gasteiger partial charge < -0.3 is 4.40 Å². The van der Waals surface area contributed by atoms with Crippen molar-refractivity contribution in [3.05, 3.63) is 146 Å². The van der Waals surface area contributed by atoms with E-state index >= 15 is 0 Å². The van der Waals surface area contributed by atoms with Gasteiger partial charge in [0.2, 0.25) is 0 Å². The Morgan fingerprint density at radius 1 is 0.349 bits per heavy atom. The molecule has 2 heteroatoms. The number of fused-ring (bicyclic) bond motifs is 12. The van der Waals surface area contributed by atoms with E-state index in [1.807, 2.05) is 0 Å². The lowest BCUT2D eigenvalue weighted by atomic mass is 9.96. The van der Waals surface area contributed by atoms with Crippen molar-refractivity contribution in [1.29, 1.82) is 0 Å². The van der Waals surface area contributed by atoms with Crippen molar-refractivity contribution in [3.8, 4) is 22.4 Å². The molecule has 0 spiro atoms. The molecule has 198 valence electrons. The third-order valence-electron chi connectivity index (χ3n) is 9.30. The van der Waals surface area contributed by atoms with Gasteiger partial charge in [0.25, 0.3) is 0 Å². The van der Waals surface area contributed by atoms with Gasteiger partial charge in [-0.1, -0.05) is 115 Å². The van der Waals surface area contributed by atoms with Crippen LogP contribution in [0.3, 0.4) is 0 Å². The molecule has 7 aromatic carbocycles. The summed E-state index contributed by atoms with van der Waals surface area (Å²) in [7, 11) is 0. The molecule has 0 atom stereocenters. The minimum atomic E-state index is 0.987. The van der Waals surface area contributed by atoms with E-state index in [4.69, 9.17) is 4.98 Å². The van der Waals surface area contributed by atoms with Crippen LogP contribution < -0.4 is 0 Å². The normalized spacial score (nSPS) is 12.2. The first kappa shape index (κ1) is 22.9. The van der Waals surface area contributed by atoms with Crippen LogP contribution in [0.2, 0.25) is 0 Å². The van der Waals surface area contributed by atoms with Crippen LogP contribution in [0.5, 0.6) is 0 Å². The number of hydrogen-bond donors (Lipinski definition) is 0. The summed E-state index contributed by atoms with van der Waals surface area (Å²) in [6.45, 7) is 0. The lowest BCUT2D eigenvalue weighted by molar-refractivity contribution is 1.37. The summed E-state index contributed by atoms with van der Waals surface area (Å²) in [5.74, 6) is 0. The zero-order valence-electron chi connectivity index (χ0n) is 23.3. The Morgan fingerprint density at radius 3 is 1.67 bits per heavy atom. The maximum atomic E-state index is 5.29. The van der Waals surface area contributed by atoms with Gasteiger partial charge >= 0.3 is 0 Å². The first-order chi connectivity index (χ1) is 21.3. The molecule has 0 fully saturated rings. The minimum Gasteiger partial charge on any atom is -0.308 e. The summed E-state index contributed by atoms with van der Waals surface area (Å²) in [6, 6.07) is 52.9. The quantitative estimate of drug-likeness (QED) is 0.198. The Bertz CT molecular complexity index is 2690. The number of aromatic nitrogens is 2. The Balaban J connectivity index is 1.17. The first-order valence-electron chi connectivity index (χ1n) is 14.8. The van der Waals surface area contributed by atoms with Crippen molar-refractivity contribution < 1.29 is 0 Å².